The topological polar surface area (TPSA) is 21.3 Å². The Labute approximate surface area is 160 Å². The van der Waals surface area contributed by atoms with E-state index in [-0.39, 0.29) is 0 Å². The minimum Gasteiger partial charge on any atom is -0.457 e. The first-order valence-corrected chi connectivity index (χ1v) is 9.38. The highest BCUT2D eigenvalue weighted by Gasteiger charge is 2.01. The van der Waals surface area contributed by atoms with Crippen LogP contribution >= 0.6 is 0 Å². The molecule has 1 N–H and O–H groups in total. The van der Waals surface area contributed by atoms with Crippen molar-refractivity contribution < 1.29 is 4.74 Å². The summed E-state index contributed by atoms with van der Waals surface area (Å²) in [5.41, 5.74) is 2.65. The fraction of sp³-hybridized carbons (Fsp3) is 0.120. The van der Waals surface area contributed by atoms with Crippen molar-refractivity contribution in [2.45, 2.75) is 13.0 Å². The molecule has 2 nitrogen and oxygen atoms in total. The summed E-state index contributed by atoms with van der Waals surface area (Å²) in [6.45, 7) is 1.81. The van der Waals surface area contributed by atoms with Crippen LogP contribution in [0.15, 0.2) is 97.1 Å². The number of para-hydroxylation sites is 1. The maximum Gasteiger partial charge on any atom is 0.127 e. The summed E-state index contributed by atoms with van der Waals surface area (Å²) in [6, 6.07) is 33.2. The molecular weight excluding hydrogens is 330 g/mol. The summed E-state index contributed by atoms with van der Waals surface area (Å²) < 4.78 is 5.84. The molecule has 4 aromatic carbocycles. The first-order chi connectivity index (χ1) is 13.4. The van der Waals surface area contributed by atoms with Gasteiger partial charge in [-0.2, -0.15) is 0 Å². The fourth-order valence-electron chi connectivity index (χ4n) is 3.27. The predicted octanol–water partition coefficient (Wildman–Crippen LogP) is 5.96. The highest BCUT2D eigenvalue weighted by molar-refractivity contribution is 5.85. The smallest absolute Gasteiger partial charge is 0.127 e. The lowest BCUT2D eigenvalue weighted by Crippen LogP contribution is -2.16. The van der Waals surface area contributed by atoms with E-state index in [4.69, 9.17) is 4.74 Å². The van der Waals surface area contributed by atoms with Crippen LogP contribution in [0.1, 0.15) is 11.1 Å². The average Bonchev–Trinajstić information content (AvgIpc) is 2.73. The largest absolute Gasteiger partial charge is 0.457 e. The molecule has 134 valence electrons. The Bertz CT molecular complexity index is 988. The molecule has 0 aliphatic rings. The van der Waals surface area contributed by atoms with Crippen molar-refractivity contribution in [1.82, 2.24) is 5.32 Å². The van der Waals surface area contributed by atoms with Gasteiger partial charge in [-0.25, -0.2) is 0 Å². The highest BCUT2D eigenvalue weighted by atomic mass is 16.5. The molecule has 0 heterocycles. The Balaban J connectivity index is 1.29. The summed E-state index contributed by atoms with van der Waals surface area (Å²) in [6.07, 6.45) is 1.02. The second-order valence-electron chi connectivity index (χ2n) is 6.62. The van der Waals surface area contributed by atoms with E-state index in [1.807, 2.05) is 42.5 Å². The zero-order chi connectivity index (χ0) is 18.3. The number of fused-ring (bicyclic) bond motifs is 1. The third-order valence-electron chi connectivity index (χ3n) is 4.68. The zero-order valence-electron chi connectivity index (χ0n) is 15.3. The van der Waals surface area contributed by atoms with Crippen molar-refractivity contribution in [2.75, 3.05) is 6.54 Å². The number of rotatable bonds is 7. The molecule has 0 radical (unpaired) electrons. The van der Waals surface area contributed by atoms with Crippen molar-refractivity contribution >= 4 is 10.8 Å². The van der Waals surface area contributed by atoms with Gasteiger partial charge in [0.15, 0.2) is 0 Å². The predicted molar refractivity (Wildman–Crippen MR) is 112 cm³/mol. The number of hydrogen-bond acceptors (Lipinski definition) is 2. The van der Waals surface area contributed by atoms with E-state index in [1.54, 1.807) is 0 Å². The van der Waals surface area contributed by atoms with Crippen LogP contribution in [0.2, 0.25) is 0 Å². The average molecular weight is 353 g/mol. The second kappa shape index (κ2) is 8.52. The minimum absolute atomic E-state index is 0.858. The van der Waals surface area contributed by atoms with Gasteiger partial charge in [-0.3, -0.25) is 0 Å². The van der Waals surface area contributed by atoms with Crippen LogP contribution < -0.4 is 10.1 Å². The number of hydrogen-bond donors (Lipinski definition) is 1. The van der Waals surface area contributed by atoms with Gasteiger partial charge in [0.2, 0.25) is 0 Å². The quantitative estimate of drug-likeness (QED) is 0.414. The molecule has 0 spiro atoms. The first kappa shape index (κ1) is 17.3. The van der Waals surface area contributed by atoms with Crippen molar-refractivity contribution in [2.24, 2.45) is 0 Å². The molecule has 0 saturated carbocycles. The Morgan fingerprint density at radius 1 is 0.630 bits per heavy atom. The fourth-order valence-corrected chi connectivity index (χ4v) is 3.27. The molecule has 2 heteroatoms. The van der Waals surface area contributed by atoms with Crippen LogP contribution in [0.25, 0.3) is 10.8 Å². The number of nitrogens with one attached hydrogen (secondary N) is 1. The normalized spacial score (nSPS) is 10.8. The van der Waals surface area contributed by atoms with Gasteiger partial charge in [-0.1, -0.05) is 72.8 Å². The summed E-state index contributed by atoms with van der Waals surface area (Å²) in [5.74, 6) is 1.72. The lowest BCUT2D eigenvalue weighted by molar-refractivity contribution is 0.482. The van der Waals surface area contributed by atoms with Crippen LogP contribution in [0.5, 0.6) is 11.5 Å². The monoisotopic (exact) mass is 353 g/mol. The van der Waals surface area contributed by atoms with E-state index >= 15 is 0 Å². The van der Waals surface area contributed by atoms with Gasteiger partial charge in [0.25, 0.3) is 0 Å². The molecule has 0 amide bonds. The molecule has 4 rings (SSSR count). The first-order valence-electron chi connectivity index (χ1n) is 9.38. The van der Waals surface area contributed by atoms with E-state index < -0.39 is 0 Å². The molecule has 0 saturated heterocycles. The SMILES string of the molecule is c1ccc(Oc2ccc(CNCCc3cccc4ccccc34)cc2)cc1. The summed E-state index contributed by atoms with van der Waals surface area (Å²) in [5, 5.41) is 6.20. The Morgan fingerprint density at radius 2 is 1.33 bits per heavy atom. The summed E-state index contributed by atoms with van der Waals surface area (Å²) in [7, 11) is 0. The molecule has 4 aromatic rings. The maximum absolute atomic E-state index is 5.84. The Morgan fingerprint density at radius 3 is 2.19 bits per heavy atom. The van der Waals surface area contributed by atoms with Gasteiger partial charge in [0.05, 0.1) is 0 Å². The maximum atomic E-state index is 5.84. The third kappa shape index (κ3) is 4.55. The van der Waals surface area contributed by atoms with E-state index in [0.717, 1.165) is 31.0 Å². The molecule has 0 unspecified atom stereocenters. The third-order valence-corrected chi connectivity index (χ3v) is 4.68. The Hall–Kier alpha value is -3.10. The van der Waals surface area contributed by atoms with Crippen molar-refractivity contribution in [1.29, 1.82) is 0 Å². The second-order valence-corrected chi connectivity index (χ2v) is 6.62. The van der Waals surface area contributed by atoms with Gasteiger partial charge in [0, 0.05) is 6.54 Å². The molecular formula is C25H23NO. The van der Waals surface area contributed by atoms with E-state index in [2.05, 4.69) is 59.9 Å². The Kier molecular flexibility index (Phi) is 5.47. The van der Waals surface area contributed by atoms with Crippen LogP contribution in [0, 0.1) is 0 Å². The van der Waals surface area contributed by atoms with Crippen molar-refractivity contribution in [3.8, 4) is 11.5 Å². The number of benzene rings is 4. The van der Waals surface area contributed by atoms with Crippen molar-refractivity contribution in [3.05, 3.63) is 108 Å². The lowest BCUT2D eigenvalue weighted by Gasteiger charge is -2.09. The molecule has 0 atom stereocenters. The lowest BCUT2D eigenvalue weighted by atomic mass is 10.0. The molecule has 0 fully saturated rings. The summed E-state index contributed by atoms with van der Waals surface area (Å²) >= 11 is 0. The van der Waals surface area contributed by atoms with E-state index in [0.29, 0.717) is 0 Å². The molecule has 0 aliphatic carbocycles. The van der Waals surface area contributed by atoms with Crippen LogP contribution in [-0.2, 0) is 13.0 Å². The molecule has 0 aliphatic heterocycles. The minimum atomic E-state index is 0.858. The van der Waals surface area contributed by atoms with Gasteiger partial charge in [-0.05, 0) is 59.1 Å². The molecule has 0 bridgehead atoms. The van der Waals surface area contributed by atoms with Gasteiger partial charge in [-0.15, -0.1) is 0 Å². The van der Waals surface area contributed by atoms with Crippen molar-refractivity contribution in [3.63, 3.8) is 0 Å². The highest BCUT2D eigenvalue weighted by Crippen LogP contribution is 2.21. The van der Waals surface area contributed by atoms with Crippen LogP contribution in [0.3, 0.4) is 0 Å². The van der Waals surface area contributed by atoms with E-state index in [9.17, 15) is 0 Å². The zero-order valence-corrected chi connectivity index (χ0v) is 15.3. The molecule has 27 heavy (non-hydrogen) atoms. The van der Waals surface area contributed by atoms with Crippen LogP contribution in [-0.4, -0.2) is 6.54 Å². The van der Waals surface area contributed by atoms with Gasteiger partial charge in [0.1, 0.15) is 11.5 Å². The molecule has 0 aromatic heterocycles. The van der Waals surface area contributed by atoms with Crippen LogP contribution in [0.4, 0.5) is 0 Å². The summed E-state index contributed by atoms with van der Waals surface area (Å²) in [4.78, 5) is 0. The van der Waals surface area contributed by atoms with Gasteiger partial charge >= 0.3 is 0 Å². The standard InChI is InChI=1S/C25H23NO/c1-2-10-23(11-3-1)27-24-15-13-20(14-16-24)19-26-18-17-22-9-6-8-21-7-4-5-12-25(21)22/h1-16,26H,17-19H2. The number of ether oxygens (including phenoxy) is 1. The van der Waals surface area contributed by atoms with E-state index in [1.165, 1.54) is 21.9 Å². The van der Waals surface area contributed by atoms with Gasteiger partial charge < -0.3 is 10.1 Å².